The molecular formula is C24H42O4. The van der Waals surface area contributed by atoms with E-state index in [2.05, 4.69) is 19.1 Å². The normalized spacial score (nSPS) is 26.1. The Kier molecular flexibility index (Phi) is 10.2. The van der Waals surface area contributed by atoms with E-state index in [1.807, 2.05) is 0 Å². The molecule has 2 saturated carbocycles. The van der Waals surface area contributed by atoms with E-state index in [4.69, 9.17) is 5.11 Å². The molecule has 2 aliphatic rings. The van der Waals surface area contributed by atoms with Gasteiger partial charge in [0.1, 0.15) is 5.78 Å². The van der Waals surface area contributed by atoms with Crippen molar-refractivity contribution in [2.45, 2.75) is 109 Å². The Morgan fingerprint density at radius 2 is 1.89 bits per heavy atom. The van der Waals surface area contributed by atoms with Crippen molar-refractivity contribution in [2.75, 3.05) is 6.61 Å². The molecule has 4 heteroatoms. The lowest BCUT2D eigenvalue weighted by Gasteiger charge is -2.27. The fraction of sp³-hybridized carbons (Fsp3) is 0.875. The third-order valence-electron chi connectivity index (χ3n) is 6.82. The number of aliphatic hydroxyl groups is 3. The molecule has 4 nitrogen and oxygen atoms in total. The monoisotopic (exact) mass is 394 g/mol. The Morgan fingerprint density at radius 3 is 2.57 bits per heavy atom. The third kappa shape index (κ3) is 7.61. The van der Waals surface area contributed by atoms with Gasteiger partial charge in [-0.2, -0.15) is 0 Å². The fourth-order valence-corrected chi connectivity index (χ4v) is 4.75. The predicted molar refractivity (Wildman–Crippen MR) is 113 cm³/mol. The second kappa shape index (κ2) is 12.1. The molecule has 0 heterocycles. The highest BCUT2D eigenvalue weighted by molar-refractivity contribution is 5.83. The van der Waals surface area contributed by atoms with Crippen LogP contribution in [0.4, 0.5) is 0 Å². The molecule has 4 atom stereocenters. The summed E-state index contributed by atoms with van der Waals surface area (Å²) in [4.78, 5) is 12.3. The Morgan fingerprint density at radius 1 is 1.14 bits per heavy atom. The molecule has 0 aromatic carbocycles. The zero-order chi connectivity index (χ0) is 20.4. The van der Waals surface area contributed by atoms with E-state index in [1.54, 1.807) is 0 Å². The van der Waals surface area contributed by atoms with Crippen molar-refractivity contribution in [3.8, 4) is 0 Å². The van der Waals surface area contributed by atoms with Gasteiger partial charge in [-0.3, -0.25) is 4.79 Å². The Hall–Kier alpha value is -0.710. The summed E-state index contributed by atoms with van der Waals surface area (Å²) in [5.74, 6) is 1.39. The first-order valence-electron chi connectivity index (χ1n) is 11.7. The lowest BCUT2D eigenvalue weighted by atomic mass is 9.86. The van der Waals surface area contributed by atoms with Gasteiger partial charge in [-0.05, 0) is 56.8 Å². The highest BCUT2D eigenvalue weighted by Crippen LogP contribution is 2.44. The van der Waals surface area contributed by atoms with E-state index in [9.17, 15) is 15.0 Å². The SMILES string of the molecule is CCCCC(O)(CC=C[C@H]1CCC(=O)[C@@H]1CCCCCCC(O)CO)C1CC1. The van der Waals surface area contributed by atoms with Gasteiger partial charge in [-0.15, -0.1) is 0 Å². The molecule has 3 N–H and O–H groups in total. The molecule has 2 rings (SSSR count). The van der Waals surface area contributed by atoms with Crippen LogP contribution in [0.15, 0.2) is 12.2 Å². The van der Waals surface area contributed by atoms with Crippen LogP contribution in [0.2, 0.25) is 0 Å². The number of unbranched alkanes of at least 4 members (excludes halogenated alkanes) is 4. The highest BCUT2D eigenvalue weighted by atomic mass is 16.3. The zero-order valence-electron chi connectivity index (χ0n) is 17.8. The van der Waals surface area contributed by atoms with Gasteiger partial charge in [0, 0.05) is 12.3 Å². The van der Waals surface area contributed by atoms with Crippen LogP contribution in [0.5, 0.6) is 0 Å². The lowest BCUT2D eigenvalue weighted by Crippen LogP contribution is -2.30. The quantitative estimate of drug-likeness (QED) is 0.281. The molecule has 162 valence electrons. The zero-order valence-corrected chi connectivity index (χ0v) is 17.8. The Bertz CT molecular complexity index is 485. The molecule has 0 radical (unpaired) electrons. The molecule has 28 heavy (non-hydrogen) atoms. The van der Waals surface area contributed by atoms with E-state index in [0.717, 1.165) is 77.0 Å². The maximum absolute atomic E-state index is 12.3. The minimum atomic E-state index is -0.586. The summed E-state index contributed by atoms with van der Waals surface area (Å²) in [5.41, 5.74) is -0.524. The summed E-state index contributed by atoms with van der Waals surface area (Å²) in [7, 11) is 0. The Balaban J connectivity index is 1.72. The summed E-state index contributed by atoms with van der Waals surface area (Å²) < 4.78 is 0. The number of ketones is 1. The number of carbonyl (C=O) groups excluding carboxylic acids is 1. The van der Waals surface area contributed by atoms with Gasteiger partial charge in [0.05, 0.1) is 18.3 Å². The largest absolute Gasteiger partial charge is 0.394 e. The topological polar surface area (TPSA) is 77.8 Å². The standard InChI is InChI=1S/C24H42O4/c1-2-3-16-24(28,20-13-14-20)17-8-9-19-12-15-23(27)22(19)11-7-5-4-6-10-21(26)18-25/h8-9,19-22,25-26,28H,2-7,10-18H2,1H3/t19-,21?,22+,24?/m0/s1. The molecule has 0 bridgehead atoms. The second-order valence-corrected chi connectivity index (χ2v) is 9.22. The first-order chi connectivity index (χ1) is 13.5. The average molecular weight is 395 g/mol. The summed E-state index contributed by atoms with van der Waals surface area (Å²) in [6, 6.07) is 0. The van der Waals surface area contributed by atoms with E-state index in [1.165, 1.54) is 0 Å². The van der Waals surface area contributed by atoms with Gasteiger partial charge < -0.3 is 15.3 Å². The summed E-state index contributed by atoms with van der Waals surface area (Å²) >= 11 is 0. The average Bonchev–Trinajstić information content (AvgIpc) is 3.49. The van der Waals surface area contributed by atoms with Crippen LogP contribution in [0.25, 0.3) is 0 Å². The van der Waals surface area contributed by atoms with Gasteiger partial charge in [0.2, 0.25) is 0 Å². The van der Waals surface area contributed by atoms with Crippen LogP contribution in [0, 0.1) is 17.8 Å². The number of carbonyl (C=O) groups is 1. The minimum Gasteiger partial charge on any atom is -0.394 e. The van der Waals surface area contributed by atoms with Crippen molar-refractivity contribution >= 4 is 5.78 Å². The van der Waals surface area contributed by atoms with Crippen LogP contribution in [0.3, 0.4) is 0 Å². The van der Waals surface area contributed by atoms with Gasteiger partial charge in [-0.25, -0.2) is 0 Å². The van der Waals surface area contributed by atoms with Crippen molar-refractivity contribution in [1.82, 2.24) is 0 Å². The van der Waals surface area contributed by atoms with Crippen LogP contribution in [-0.4, -0.2) is 39.4 Å². The molecule has 2 aliphatic carbocycles. The maximum atomic E-state index is 12.3. The van der Waals surface area contributed by atoms with E-state index in [-0.39, 0.29) is 12.5 Å². The lowest BCUT2D eigenvalue weighted by molar-refractivity contribution is -0.121. The molecule has 0 aliphatic heterocycles. The summed E-state index contributed by atoms with van der Waals surface area (Å²) in [6.45, 7) is 2.02. The third-order valence-corrected chi connectivity index (χ3v) is 6.82. The van der Waals surface area contributed by atoms with Crippen molar-refractivity contribution in [3.05, 3.63) is 12.2 Å². The van der Waals surface area contributed by atoms with Crippen LogP contribution >= 0.6 is 0 Å². The van der Waals surface area contributed by atoms with Crippen molar-refractivity contribution in [1.29, 1.82) is 0 Å². The van der Waals surface area contributed by atoms with Crippen molar-refractivity contribution in [3.63, 3.8) is 0 Å². The predicted octanol–water partition coefficient (Wildman–Crippen LogP) is 4.55. The second-order valence-electron chi connectivity index (χ2n) is 9.22. The molecule has 0 aromatic rings. The van der Waals surface area contributed by atoms with E-state index in [0.29, 0.717) is 30.5 Å². The smallest absolute Gasteiger partial charge is 0.136 e. The molecular weight excluding hydrogens is 352 g/mol. The van der Waals surface area contributed by atoms with Crippen LogP contribution < -0.4 is 0 Å². The van der Waals surface area contributed by atoms with Gasteiger partial charge >= 0.3 is 0 Å². The maximum Gasteiger partial charge on any atom is 0.136 e. The van der Waals surface area contributed by atoms with E-state index >= 15 is 0 Å². The number of Topliss-reactive ketones (excluding diaryl/α,β-unsaturated/α-hetero) is 1. The number of aliphatic hydroxyl groups excluding tert-OH is 2. The molecule has 0 spiro atoms. The first-order valence-corrected chi connectivity index (χ1v) is 11.7. The number of hydrogen-bond donors (Lipinski definition) is 3. The minimum absolute atomic E-state index is 0.154. The first kappa shape index (κ1) is 23.6. The molecule has 2 unspecified atom stereocenters. The van der Waals surface area contributed by atoms with Crippen molar-refractivity contribution < 1.29 is 20.1 Å². The summed E-state index contributed by atoms with van der Waals surface area (Å²) in [5, 5.41) is 29.2. The molecule has 0 saturated heterocycles. The number of rotatable bonds is 15. The van der Waals surface area contributed by atoms with Crippen LogP contribution in [-0.2, 0) is 4.79 Å². The highest BCUT2D eigenvalue weighted by Gasteiger charge is 2.42. The molecule has 2 fully saturated rings. The summed E-state index contributed by atoms with van der Waals surface area (Å²) in [6.07, 6.45) is 17.4. The molecule has 0 aromatic heterocycles. The van der Waals surface area contributed by atoms with Gasteiger partial charge in [-0.1, -0.05) is 57.6 Å². The number of allylic oxidation sites excluding steroid dienone is 1. The Labute approximate surface area is 171 Å². The molecule has 0 amide bonds. The van der Waals surface area contributed by atoms with Gasteiger partial charge in [0.25, 0.3) is 0 Å². The fourth-order valence-electron chi connectivity index (χ4n) is 4.75. The van der Waals surface area contributed by atoms with E-state index < -0.39 is 11.7 Å². The van der Waals surface area contributed by atoms with Gasteiger partial charge in [0.15, 0.2) is 0 Å². The van der Waals surface area contributed by atoms with Crippen LogP contribution in [0.1, 0.15) is 96.8 Å². The number of hydrogen-bond acceptors (Lipinski definition) is 4. The van der Waals surface area contributed by atoms with Crippen molar-refractivity contribution in [2.24, 2.45) is 17.8 Å².